The summed E-state index contributed by atoms with van der Waals surface area (Å²) < 4.78 is 26.4. The number of sulfonamides is 1. The van der Waals surface area contributed by atoms with Crippen LogP contribution in [-0.4, -0.2) is 37.8 Å². The van der Waals surface area contributed by atoms with Crippen LogP contribution in [0.2, 0.25) is 5.02 Å². The third kappa shape index (κ3) is 3.84. The summed E-state index contributed by atoms with van der Waals surface area (Å²) in [5, 5.41) is 3.09. The van der Waals surface area contributed by atoms with Crippen LogP contribution >= 0.6 is 11.6 Å². The Kier molecular flexibility index (Phi) is 5.79. The van der Waals surface area contributed by atoms with Gasteiger partial charge in [-0.3, -0.25) is 0 Å². The van der Waals surface area contributed by atoms with Gasteiger partial charge in [0.1, 0.15) is 10.7 Å². The number of hydrogen-bond donors (Lipinski definition) is 1. The van der Waals surface area contributed by atoms with Crippen LogP contribution in [0.5, 0.6) is 0 Å². The standard InChI is InChI=1S/C13H22ClN3O2S/c1-9(2)6-10(3)17(5)20(18,19)11-7-12(14)13(15-4)16-8-11/h7-10H,6H2,1-5H3,(H,15,16). The molecule has 0 aromatic carbocycles. The molecule has 114 valence electrons. The largest absolute Gasteiger partial charge is 0.372 e. The van der Waals surface area contributed by atoms with E-state index < -0.39 is 10.0 Å². The second-order valence-corrected chi connectivity index (χ2v) is 7.66. The fourth-order valence-corrected chi connectivity index (χ4v) is 3.65. The lowest BCUT2D eigenvalue weighted by atomic mass is 10.1. The smallest absolute Gasteiger partial charge is 0.244 e. The van der Waals surface area contributed by atoms with Crippen LogP contribution in [0.3, 0.4) is 0 Å². The van der Waals surface area contributed by atoms with Crippen LogP contribution in [0, 0.1) is 5.92 Å². The van der Waals surface area contributed by atoms with Gasteiger partial charge < -0.3 is 5.32 Å². The molecule has 1 aromatic rings. The Labute approximate surface area is 126 Å². The average Bonchev–Trinajstić information content (AvgIpc) is 2.36. The molecule has 1 rings (SSSR count). The van der Waals surface area contributed by atoms with Crippen molar-refractivity contribution in [3.63, 3.8) is 0 Å². The Hall–Kier alpha value is -0.850. The maximum Gasteiger partial charge on any atom is 0.244 e. The van der Waals surface area contributed by atoms with Crippen molar-refractivity contribution >= 4 is 27.4 Å². The number of nitrogens with one attached hydrogen (secondary N) is 1. The summed E-state index contributed by atoms with van der Waals surface area (Å²) in [6.07, 6.45) is 2.12. The van der Waals surface area contributed by atoms with Crippen molar-refractivity contribution in [3.8, 4) is 0 Å². The number of rotatable bonds is 6. The first-order chi connectivity index (χ1) is 9.20. The molecule has 0 bridgehead atoms. The summed E-state index contributed by atoms with van der Waals surface area (Å²) in [7, 11) is -0.307. The van der Waals surface area contributed by atoms with E-state index in [0.29, 0.717) is 16.8 Å². The van der Waals surface area contributed by atoms with Gasteiger partial charge in [-0.1, -0.05) is 25.4 Å². The minimum atomic E-state index is -3.57. The molecule has 1 aromatic heterocycles. The highest BCUT2D eigenvalue weighted by molar-refractivity contribution is 7.89. The third-order valence-electron chi connectivity index (χ3n) is 3.16. The first kappa shape index (κ1) is 17.2. The van der Waals surface area contributed by atoms with Gasteiger partial charge in [0.05, 0.1) is 5.02 Å². The molecule has 0 aliphatic heterocycles. The highest BCUT2D eigenvalue weighted by atomic mass is 35.5. The summed E-state index contributed by atoms with van der Waals surface area (Å²) >= 11 is 6.00. The van der Waals surface area contributed by atoms with Crippen LogP contribution < -0.4 is 5.32 Å². The molecule has 0 aliphatic carbocycles. The second-order valence-electron chi connectivity index (χ2n) is 5.25. The quantitative estimate of drug-likeness (QED) is 0.875. The van der Waals surface area contributed by atoms with Crippen molar-refractivity contribution in [3.05, 3.63) is 17.3 Å². The zero-order valence-electron chi connectivity index (χ0n) is 12.5. The van der Waals surface area contributed by atoms with E-state index in [2.05, 4.69) is 24.1 Å². The van der Waals surface area contributed by atoms with Crippen LogP contribution in [0.15, 0.2) is 17.2 Å². The van der Waals surface area contributed by atoms with Gasteiger partial charge in [0.2, 0.25) is 10.0 Å². The van der Waals surface area contributed by atoms with Gasteiger partial charge in [-0.05, 0) is 25.3 Å². The third-order valence-corrected chi connectivity index (χ3v) is 5.39. The van der Waals surface area contributed by atoms with Gasteiger partial charge in [0, 0.05) is 26.3 Å². The predicted octanol–water partition coefficient (Wildman–Crippen LogP) is 2.83. The number of halogens is 1. The molecule has 1 atom stereocenters. The zero-order valence-corrected chi connectivity index (χ0v) is 14.1. The number of pyridine rings is 1. The molecule has 0 amide bonds. The molecule has 7 heteroatoms. The van der Waals surface area contributed by atoms with Gasteiger partial charge in [0.25, 0.3) is 0 Å². The van der Waals surface area contributed by atoms with Crippen LogP contribution in [0.25, 0.3) is 0 Å². The van der Waals surface area contributed by atoms with Crippen LogP contribution in [0.1, 0.15) is 27.2 Å². The van der Waals surface area contributed by atoms with Crippen molar-refractivity contribution in [2.24, 2.45) is 5.92 Å². The monoisotopic (exact) mass is 319 g/mol. The number of nitrogens with zero attached hydrogens (tertiary/aromatic N) is 2. The molecule has 0 radical (unpaired) electrons. The molecule has 0 saturated carbocycles. The summed E-state index contributed by atoms with van der Waals surface area (Å²) in [6, 6.07) is 1.34. The lowest BCUT2D eigenvalue weighted by molar-refractivity contribution is 0.337. The maximum absolute atomic E-state index is 12.5. The predicted molar refractivity (Wildman–Crippen MR) is 82.7 cm³/mol. The topological polar surface area (TPSA) is 62.3 Å². The average molecular weight is 320 g/mol. The summed E-state index contributed by atoms with van der Waals surface area (Å²) in [5.41, 5.74) is 0. The highest BCUT2D eigenvalue weighted by Gasteiger charge is 2.26. The molecule has 0 fully saturated rings. The van der Waals surface area contributed by atoms with E-state index >= 15 is 0 Å². The minimum Gasteiger partial charge on any atom is -0.372 e. The molecule has 5 nitrogen and oxygen atoms in total. The normalized spacial score (nSPS) is 13.8. The second kappa shape index (κ2) is 6.74. The Morgan fingerprint density at radius 1 is 1.40 bits per heavy atom. The Balaban J connectivity index is 3.07. The van der Waals surface area contributed by atoms with Crippen molar-refractivity contribution in [2.75, 3.05) is 19.4 Å². The summed E-state index contributed by atoms with van der Waals surface area (Å²) in [5.74, 6) is 0.888. The maximum atomic E-state index is 12.5. The van der Waals surface area contributed by atoms with E-state index in [4.69, 9.17) is 11.6 Å². The van der Waals surface area contributed by atoms with Crippen LogP contribution in [-0.2, 0) is 10.0 Å². The number of aromatic nitrogens is 1. The SMILES string of the molecule is CNc1ncc(S(=O)(=O)N(C)C(C)CC(C)C)cc1Cl. The highest BCUT2D eigenvalue weighted by Crippen LogP contribution is 2.25. The summed E-state index contributed by atoms with van der Waals surface area (Å²) in [4.78, 5) is 4.13. The molecular weight excluding hydrogens is 298 g/mol. The van der Waals surface area contributed by atoms with Crippen molar-refractivity contribution < 1.29 is 8.42 Å². The molecule has 0 aliphatic rings. The van der Waals surface area contributed by atoms with Gasteiger partial charge in [-0.25, -0.2) is 13.4 Å². The molecule has 1 heterocycles. The van der Waals surface area contributed by atoms with E-state index in [1.54, 1.807) is 14.1 Å². The Morgan fingerprint density at radius 2 is 2.00 bits per heavy atom. The molecule has 0 saturated heterocycles. The van der Waals surface area contributed by atoms with E-state index in [9.17, 15) is 8.42 Å². The van der Waals surface area contributed by atoms with Crippen molar-refractivity contribution in [1.82, 2.24) is 9.29 Å². The van der Waals surface area contributed by atoms with Crippen LogP contribution in [0.4, 0.5) is 5.82 Å². The van der Waals surface area contributed by atoms with E-state index in [-0.39, 0.29) is 10.9 Å². The van der Waals surface area contributed by atoms with Gasteiger partial charge >= 0.3 is 0 Å². The lowest BCUT2D eigenvalue weighted by Crippen LogP contribution is -2.36. The van der Waals surface area contributed by atoms with Crippen molar-refractivity contribution in [2.45, 2.75) is 38.1 Å². The van der Waals surface area contributed by atoms with Gasteiger partial charge in [-0.15, -0.1) is 0 Å². The van der Waals surface area contributed by atoms with E-state index in [1.807, 2.05) is 6.92 Å². The summed E-state index contributed by atoms with van der Waals surface area (Å²) in [6.45, 7) is 6.03. The molecule has 1 N–H and O–H groups in total. The first-order valence-electron chi connectivity index (χ1n) is 6.51. The molecule has 0 spiro atoms. The Bertz CT molecular complexity index is 561. The minimum absolute atomic E-state index is 0.0808. The lowest BCUT2D eigenvalue weighted by Gasteiger charge is -2.25. The van der Waals surface area contributed by atoms with Crippen molar-refractivity contribution in [1.29, 1.82) is 0 Å². The molecule has 1 unspecified atom stereocenters. The van der Waals surface area contributed by atoms with Gasteiger partial charge in [0.15, 0.2) is 0 Å². The molecular formula is C13H22ClN3O2S. The van der Waals surface area contributed by atoms with E-state index in [0.717, 1.165) is 6.42 Å². The number of anilines is 1. The number of hydrogen-bond acceptors (Lipinski definition) is 4. The van der Waals surface area contributed by atoms with E-state index in [1.165, 1.54) is 16.6 Å². The Morgan fingerprint density at radius 3 is 2.45 bits per heavy atom. The van der Waals surface area contributed by atoms with Gasteiger partial charge in [-0.2, -0.15) is 4.31 Å². The zero-order chi connectivity index (χ0) is 15.5. The fourth-order valence-electron chi connectivity index (χ4n) is 1.98. The first-order valence-corrected chi connectivity index (χ1v) is 8.33. The molecule has 20 heavy (non-hydrogen) atoms. The fraction of sp³-hybridized carbons (Fsp3) is 0.615.